The fraction of sp³-hybridized carbons (Fsp3) is 0.545. The van der Waals surface area contributed by atoms with Gasteiger partial charge >= 0.3 is 0 Å². The summed E-state index contributed by atoms with van der Waals surface area (Å²) in [4.78, 5) is 21.4. The molecule has 0 bridgehead atoms. The summed E-state index contributed by atoms with van der Waals surface area (Å²) in [5.74, 6) is 1.04. The normalized spacial score (nSPS) is 10.4. The number of amides is 1. The summed E-state index contributed by atoms with van der Waals surface area (Å²) in [5.41, 5.74) is 5.58. The van der Waals surface area contributed by atoms with Gasteiger partial charge in [-0.3, -0.25) is 4.79 Å². The molecule has 0 unspecified atom stereocenters. The van der Waals surface area contributed by atoms with Crippen molar-refractivity contribution >= 4 is 17.5 Å². The highest BCUT2D eigenvalue weighted by Crippen LogP contribution is 2.11. The van der Waals surface area contributed by atoms with E-state index in [0.29, 0.717) is 18.2 Å². The lowest BCUT2D eigenvalue weighted by Gasteiger charge is -2.21. The predicted octanol–water partition coefficient (Wildman–Crippen LogP) is 0.410. The first kappa shape index (κ1) is 13.2. The Morgan fingerprint density at radius 3 is 2.76 bits per heavy atom. The maximum Gasteiger partial charge on any atom is 0.239 e. The average Bonchev–Trinajstić information content (AvgIpc) is 2.24. The molecule has 0 atom stereocenters. The maximum absolute atomic E-state index is 11.7. The van der Waals surface area contributed by atoms with E-state index in [1.54, 1.807) is 6.07 Å². The summed E-state index contributed by atoms with van der Waals surface area (Å²) in [6, 6.07) is 1.79. The molecule has 0 spiro atoms. The number of hydrogen-bond donors (Lipinski definition) is 2. The number of likely N-dealkylation sites (N-methyl/N-ethyl adjacent to an activating group) is 1. The first-order valence-corrected chi connectivity index (χ1v) is 5.64. The summed E-state index contributed by atoms with van der Waals surface area (Å²) >= 11 is 0. The number of hydrogen-bond acceptors (Lipinski definition) is 5. The molecule has 1 amide bonds. The Balaban J connectivity index is 2.69. The lowest BCUT2D eigenvalue weighted by molar-refractivity contribution is -0.120. The van der Waals surface area contributed by atoms with Gasteiger partial charge in [0.25, 0.3) is 0 Å². The molecule has 1 rings (SSSR count). The molecule has 1 aromatic rings. The van der Waals surface area contributed by atoms with Gasteiger partial charge in [0, 0.05) is 18.7 Å². The van der Waals surface area contributed by atoms with Crippen molar-refractivity contribution in [3.8, 4) is 0 Å². The van der Waals surface area contributed by atoms with Crippen LogP contribution in [0.25, 0.3) is 0 Å². The number of nitrogen functional groups attached to an aromatic ring is 1. The van der Waals surface area contributed by atoms with Crippen LogP contribution in [0.5, 0.6) is 0 Å². The Bertz CT molecular complexity index is 380. The highest BCUT2D eigenvalue weighted by atomic mass is 16.2. The van der Waals surface area contributed by atoms with Crippen molar-refractivity contribution in [1.29, 1.82) is 0 Å². The first-order chi connectivity index (χ1) is 8.02. The Kier molecular flexibility index (Phi) is 4.68. The third kappa shape index (κ3) is 4.26. The zero-order valence-corrected chi connectivity index (χ0v) is 10.5. The molecule has 1 aromatic heterocycles. The van der Waals surface area contributed by atoms with E-state index in [2.05, 4.69) is 15.3 Å². The highest BCUT2D eigenvalue weighted by Gasteiger charge is 2.12. The predicted molar refractivity (Wildman–Crippen MR) is 67.6 cm³/mol. The fourth-order valence-corrected chi connectivity index (χ4v) is 1.43. The lowest BCUT2D eigenvalue weighted by Crippen LogP contribution is -2.40. The number of carbonyl (C=O) groups is 1. The Morgan fingerprint density at radius 1 is 1.53 bits per heavy atom. The quantitative estimate of drug-likeness (QED) is 0.775. The van der Waals surface area contributed by atoms with E-state index < -0.39 is 0 Å². The van der Waals surface area contributed by atoms with Crippen molar-refractivity contribution in [3.05, 3.63) is 12.4 Å². The van der Waals surface area contributed by atoms with Gasteiger partial charge in [0.05, 0.1) is 6.54 Å². The molecule has 0 saturated carbocycles. The smallest absolute Gasteiger partial charge is 0.239 e. The second-order valence-corrected chi connectivity index (χ2v) is 4.04. The largest absolute Gasteiger partial charge is 0.384 e. The molecule has 0 fully saturated rings. The zero-order chi connectivity index (χ0) is 12.8. The minimum absolute atomic E-state index is 0.0287. The van der Waals surface area contributed by atoms with Crippen LogP contribution in [0.3, 0.4) is 0 Å². The molecule has 0 aliphatic carbocycles. The topological polar surface area (TPSA) is 84.1 Å². The average molecular weight is 237 g/mol. The molecular weight excluding hydrogens is 218 g/mol. The summed E-state index contributed by atoms with van der Waals surface area (Å²) in [6.07, 6.45) is 1.40. The number of anilines is 2. The van der Waals surface area contributed by atoms with Crippen LogP contribution in [0.2, 0.25) is 0 Å². The van der Waals surface area contributed by atoms with Crippen LogP contribution in [-0.4, -0.2) is 35.0 Å². The summed E-state index contributed by atoms with van der Waals surface area (Å²) in [5, 5.41) is 2.84. The van der Waals surface area contributed by atoms with Gasteiger partial charge in [-0.25, -0.2) is 9.97 Å². The molecule has 94 valence electrons. The Labute approximate surface area is 101 Å². The van der Waals surface area contributed by atoms with E-state index in [0.717, 1.165) is 0 Å². The molecule has 1 heterocycles. The van der Waals surface area contributed by atoms with Crippen molar-refractivity contribution < 1.29 is 4.79 Å². The van der Waals surface area contributed by atoms with E-state index in [1.165, 1.54) is 6.33 Å². The minimum Gasteiger partial charge on any atom is -0.384 e. The van der Waals surface area contributed by atoms with E-state index >= 15 is 0 Å². The van der Waals surface area contributed by atoms with E-state index in [-0.39, 0.29) is 18.5 Å². The van der Waals surface area contributed by atoms with Crippen LogP contribution in [0.15, 0.2) is 12.4 Å². The molecule has 17 heavy (non-hydrogen) atoms. The summed E-state index contributed by atoms with van der Waals surface area (Å²) < 4.78 is 0. The van der Waals surface area contributed by atoms with Crippen LogP contribution in [0.1, 0.15) is 20.8 Å². The van der Waals surface area contributed by atoms with Crippen molar-refractivity contribution in [1.82, 2.24) is 15.3 Å². The number of nitrogens with two attached hydrogens (primary N) is 1. The molecule has 0 radical (unpaired) electrons. The second-order valence-electron chi connectivity index (χ2n) is 4.04. The SMILES string of the molecule is CCN(CC(=O)NC(C)C)c1cc(N)ncn1. The number of aromatic nitrogens is 2. The third-order valence-corrected chi connectivity index (χ3v) is 2.16. The van der Waals surface area contributed by atoms with Crippen molar-refractivity contribution in [2.24, 2.45) is 0 Å². The zero-order valence-electron chi connectivity index (χ0n) is 10.5. The molecule has 0 aliphatic rings. The van der Waals surface area contributed by atoms with Crippen molar-refractivity contribution in [3.63, 3.8) is 0 Å². The maximum atomic E-state index is 11.7. The molecule has 0 saturated heterocycles. The highest BCUT2D eigenvalue weighted by molar-refractivity contribution is 5.81. The van der Waals surface area contributed by atoms with E-state index in [4.69, 9.17) is 5.73 Å². The van der Waals surface area contributed by atoms with Gasteiger partial charge in [0.1, 0.15) is 18.0 Å². The number of nitrogens with one attached hydrogen (secondary N) is 1. The van der Waals surface area contributed by atoms with E-state index in [1.807, 2.05) is 25.7 Å². The molecule has 6 heteroatoms. The Hall–Kier alpha value is -1.85. The van der Waals surface area contributed by atoms with Crippen LogP contribution >= 0.6 is 0 Å². The summed E-state index contributed by atoms with van der Waals surface area (Å²) in [6.45, 7) is 6.77. The molecule has 0 aromatic carbocycles. The van der Waals surface area contributed by atoms with E-state index in [9.17, 15) is 4.79 Å². The Morgan fingerprint density at radius 2 is 2.24 bits per heavy atom. The minimum atomic E-state index is -0.0287. The number of carbonyl (C=O) groups excluding carboxylic acids is 1. The molecule has 0 aliphatic heterocycles. The van der Waals surface area contributed by atoms with Crippen molar-refractivity contribution in [2.45, 2.75) is 26.8 Å². The van der Waals surface area contributed by atoms with Crippen LogP contribution in [-0.2, 0) is 4.79 Å². The van der Waals surface area contributed by atoms with Gasteiger partial charge in [-0.2, -0.15) is 0 Å². The van der Waals surface area contributed by atoms with Gasteiger partial charge < -0.3 is 16.0 Å². The molecular formula is C11H19N5O. The standard InChI is InChI=1S/C11H19N5O/c1-4-16(6-11(17)15-8(2)3)10-5-9(12)13-7-14-10/h5,7-8H,4,6H2,1-3H3,(H,15,17)(H2,12,13,14). The number of nitrogens with zero attached hydrogens (tertiary/aromatic N) is 3. The molecule has 6 nitrogen and oxygen atoms in total. The second kappa shape index (κ2) is 6.03. The third-order valence-electron chi connectivity index (χ3n) is 2.16. The van der Waals surface area contributed by atoms with Gasteiger partial charge in [-0.15, -0.1) is 0 Å². The fourth-order valence-electron chi connectivity index (χ4n) is 1.43. The van der Waals surface area contributed by atoms with Crippen LogP contribution in [0.4, 0.5) is 11.6 Å². The first-order valence-electron chi connectivity index (χ1n) is 5.64. The van der Waals surface area contributed by atoms with Crippen molar-refractivity contribution in [2.75, 3.05) is 23.7 Å². The van der Waals surface area contributed by atoms with Crippen LogP contribution < -0.4 is 16.0 Å². The van der Waals surface area contributed by atoms with Gasteiger partial charge in [-0.05, 0) is 20.8 Å². The summed E-state index contributed by atoms with van der Waals surface area (Å²) in [7, 11) is 0. The van der Waals surface area contributed by atoms with Gasteiger partial charge in [0.15, 0.2) is 0 Å². The van der Waals surface area contributed by atoms with Gasteiger partial charge in [0.2, 0.25) is 5.91 Å². The number of rotatable bonds is 5. The van der Waals surface area contributed by atoms with Crippen LogP contribution in [0, 0.1) is 0 Å². The lowest BCUT2D eigenvalue weighted by atomic mass is 10.3. The van der Waals surface area contributed by atoms with Gasteiger partial charge in [-0.1, -0.05) is 0 Å². The monoisotopic (exact) mass is 237 g/mol. The molecule has 3 N–H and O–H groups in total.